The van der Waals surface area contributed by atoms with Gasteiger partial charge < -0.3 is 20.3 Å². The molecule has 1 atom stereocenters. The van der Waals surface area contributed by atoms with Crippen molar-refractivity contribution in [2.45, 2.75) is 33.6 Å². The van der Waals surface area contributed by atoms with Crippen LogP contribution in [0.25, 0.3) is 0 Å². The molecule has 0 radical (unpaired) electrons. The van der Waals surface area contributed by atoms with E-state index in [0.717, 1.165) is 0 Å². The van der Waals surface area contributed by atoms with Gasteiger partial charge in [0.1, 0.15) is 0 Å². The van der Waals surface area contributed by atoms with Crippen molar-refractivity contribution >= 4 is 12.0 Å². The van der Waals surface area contributed by atoms with Crippen molar-refractivity contribution < 1.29 is 19.2 Å². The lowest BCUT2D eigenvalue weighted by Gasteiger charge is -2.23. The van der Waals surface area contributed by atoms with Gasteiger partial charge in [-0.25, -0.2) is 4.79 Å². The molecular formula is C12H20N4O4. The fourth-order valence-corrected chi connectivity index (χ4v) is 1.41. The summed E-state index contributed by atoms with van der Waals surface area (Å²) in [6.45, 7) is 5.49. The summed E-state index contributed by atoms with van der Waals surface area (Å²) in [4.78, 5) is 26.6. The number of carboxylic acids is 1. The molecule has 0 saturated heterocycles. The molecule has 1 rings (SSSR count). The summed E-state index contributed by atoms with van der Waals surface area (Å²) < 4.78 is 4.90. The number of nitrogens with zero attached hydrogens (tertiary/aromatic N) is 2. The smallest absolute Gasteiger partial charge is 0.314 e. The molecule has 1 aromatic rings. The lowest BCUT2D eigenvalue weighted by atomic mass is 9.88. The van der Waals surface area contributed by atoms with E-state index in [4.69, 9.17) is 9.63 Å². The number of hydrogen-bond acceptors (Lipinski definition) is 5. The number of nitrogens with one attached hydrogen (secondary N) is 2. The Labute approximate surface area is 116 Å². The number of rotatable bonds is 7. The topological polar surface area (TPSA) is 117 Å². The molecule has 2 amide bonds. The third kappa shape index (κ3) is 4.52. The predicted molar refractivity (Wildman–Crippen MR) is 70.2 cm³/mol. The molecule has 0 saturated carbocycles. The second-order valence-corrected chi connectivity index (χ2v) is 4.81. The highest BCUT2D eigenvalue weighted by molar-refractivity contribution is 5.77. The van der Waals surface area contributed by atoms with E-state index < -0.39 is 17.4 Å². The van der Waals surface area contributed by atoms with Crippen LogP contribution in [0.15, 0.2) is 4.52 Å². The van der Waals surface area contributed by atoms with Gasteiger partial charge in [-0.15, -0.1) is 0 Å². The second-order valence-electron chi connectivity index (χ2n) is 4.81. The molecule has 1 unspecified atom stereocenters. The Morgan fingerprint density at radius 2 is 2.10 bits per heavy atom. The summed E-state index contributed by atoms with van der Waals surface area (Å²) in [5.41, 5.74) is -0.957. The first kappa shape index (κ1) is 15.9. The van der Waals surface area contributed by atoms with Gasteiger partial charge in [0, 0.05) is 19.5 Å². The molecule has 0 bridgehead atoms. The van der Waals surface area contributed by atoms with Crippen molar-refractivity contribution in [1.82, 2.24) is 20.8 Å². The zero-order chi connectivity index (χ0) is 15.2. The maximum Gasteiger partial charge on any atom is 0.314 e. The SMILES string of the molecule is CCC(C)(CNC(=O)NCCc1nc(C)no1)C(=O)O. The Balaban J connectivity index is 2.28. The lowest BCUT2D eigenvalue weighted by Crippen LogP contribution is -2.45. The molecule has 0 spiro atoms. The van der Waals surface area contributed by atoms with E-state index in [1.165, 1.54) is 0 Å². The number of urea groups is 1. The van der Waals surface area contributed by atoms with Crippen molar-refractivity contribution in [1.29, 1.82) is 0 Å². The van der Waals surface area contributed by atoms with Gasteiger partial charge in [0.2, 0.25) is 5.89 Å². The summed E-state index contributed by atoms with van der Waals surface area (Å²) in [5, 5.41) is 17.9. The van der Waals surface area contributed by atoms with Gasteiger partial charge in [0.05, 0.1) is 5.41 Å². The minimum Gasteiger partial charge on any atom is -0.481 e. The highest BCUT2D eigenvalue weighted by Crippen LogP contribution is 2.19. The molecule has 3 N–H and O–H groups in total. The van der Waals surface area contributed by atoms with Crippen molar-refractivity contribution in [3.8, 4) is 0 Å². The monoisotopic (exact) mass is 284 g/mol. The molecule has 20 heavy (non-hydrogen) atoms. The van der Waals surface area contributed by atoms with Gasteiger partial charge in [-0.05, 0) is 20.3 Å². The maximum atomic E-state index is 11.5. The Morgan fingerprint density at radius 1 is 1.40 bits per heavy atom. The first-order chi connectivity index (χ1) is 9.37. The number of amides is 2. The third-order valence-corrected chi connectivity index (χ3v) is 3.13. The molecule has 0 aliphatic carbocycles. The fraction of sp³-hybridized carbons (Fsp3) is 0.667. The number of aryl methyl sites for hydroxylation is 1. The van der Waals surface area contributed by atoms with Crippen LogP contribution in [-0.4, -0.2) is 40.3 Å². The standard InChI is InChI=1S/C12H20N4O4/c1-4-12(3,10(17)18)7-14-11(19)13-6-5-9-15-8(2)16-20-9/h4-7H2,1-3H3,(H,17,18)(H2,13,14,19). The fourth-order valence-electron chi connectivity index (χ4n) is 1.41. The lowest BCUT2D eigenvalue weighted by molar-refractivity contribution is -0.147. The van der Waals surface area contributed by atoms with Crippen LogP contribution in [0.2, 0.25) is 0 Å². The summed E-state index contributed by atoms with van der Waals surface area (Å²) in [6.07, 6.45) is 0.863. The maximum absolute atomic E-state index is 11.5. The molecule has 0 aromatic carbocycles. The number of carbonyl (C=O) groups is 2. The summed E-state index contributed by atoms with van der Waals surface area (Å²) in [7, 11) is 0. The molecule has 112 valence electrons. The Morgan fingerprint density at radius 3 is 2.60 bits per heavy atom. The van der Waals surface area contributed by atoms with Crippen molar-refractivity contribution in [2.24, 2.45) is 5.41 Å². The van der Waals surface area contributed by atoms with Crippen LogP contribution < -0.4 is 10.6 Å². The van der Waals surface area contributed by atoms with Gasteiger partial charge in [-0.2, -0.15) is 4.98 Å². The largest absolute Gasteiger partial charge is 0.481 e. The molecule has 8 heteroatoms. The molecule has 0 fully saturated rings. The van der Waals surface area contributed by atoms with E-state index in [2.05, 4.69) is 20.8 Å². The zero-order valence-electron chi connectivity index (χ0n) is 11.9. The highest BCUT2D eigenvalue weighted by Gasteiger charge is 2.31. The third-order valence-electron chi connectivity index (χ3n) is 3.13. The van der Waals surface area contributed by atoms with Crippen molar-refractivity contribution in [3.63, 3.8) is 0 Å². The highest BCUT2D eigenvalue weighted by atomic mass is 16.5. The van der Waals surface area contributed by atoms with E-state index >= 15 is 0 Å². The zero-order valence-corrected chi connectivity index (χ0v) is 11.9. The number of carboxylic acid groups (broad SMARTS) is 1. The Bertz CT molecular complexity index is 474. The molecule has 8 nitrogen and oxygen atoms in total. The normalized spacial score (nSPS) is 13.6. The Kier molecular flexibility index (Phi) is 5.48. The van der Waals surface area contributed by atoms with Crippen LogP contribution in [-0.2, 0) is 11.2 Å². The van der Waals surface area contributed by atoms with Crippen LogP contribution in [0.3, 0.4) is 0 Å². The average Bonchev–Trinajstić information content (AvgIpc) is 2.81. The predicted octanol–water partition coefficient (Wildman–Crippen LogP) is 0.721. The number of hydrogen-bond donors (Lipinski definition) is 3. The molecular weight excluding hydrogens is 264 g/mol. The molecule has 1 heterocycles. The number of aromatic nitrogens is 2. The van der Waals surface area contributed by atoms with E-state index in [1.807, 2.05) is 0 Å². The average molecular weight is 284 g/mol. The first-order valence-corrected chi connectivity index (χ1v) is 6.41. The number of aliphatic carboxylic acids is 1. The second kappa shape index (κ2) is 6.88. The van der Waals surface area contributed by atoms with Crippen LogP contribution >= 0.6 is 0 Å². The number of carbonyl (C=O) groups excluding carboxylic acids is 1. The Hall–Kier alpha value is -2.12. The summed E-state index contributed by atoms with van der Waals surface area (Å²) in [6, 6.07) is -0.415. The van der Waals surface area contributed by atoms with E-state index in [0.29, 0.717) is 31.1 Å². The molecule has 0 aliphatic rings. The summed E-state index contributed by atoms with van der Waals surface area (Å²) in [5.74, 6) is 0.0676. The van der Waals surface area contributed by atoms with Gasteiger partial charge in [0.15, 0.2) is 5.82 Å². The van der Waals surface area contributed by atoms with Crippen LogP contribution in [0.4, 0.5) is 4.79 Å². The summed E-state index contributed by atoms with van der Waals surface area (Å²) >= 11 is 0. The van der Waals surface area contributed by atoms with Gasteiger partial charge in [-0.3, -0.25) is 4.79 Å². The van der Waals surface area contributed by atoms with E-state index in [-0.39, 0.29) is 6.54 Å². The van der Waals surface area contributed by atoms with Crippen LogP contribution in [0, 0.1) is 12.3 Å². The van der Waals surface area contributed by atoms with Gasteiger partial charge >= 0.3 is 12.0 Å². The molecule has 0 aliphatic heterocycles. The van der Waals surface area contributed by atoms with Crippen molar-refractivity contribution in [3.05, 3.63) is 11.7 Å². The minimum atomic E-state index is -0.957. The van der Waals surface area contributed by atoms with Crippen LogP contribution in [0.5, 0.6) is 0 Å². The van der Waals surface area contributed by atoms with E-state index in [1.54, 1.807) is 20.8 Å². The first-order valence-electron chi connectivity index (χ1n) is 6.41. The van der Waals surface area contributed by atoms with Crippen LogP contribution in [0.1, 0.15) is 32.0 Å². The molecule has 1 aromatic heterocycles. The van der Waals surface area contributed by atoms with E-state index in [9.17, 15) is 9.59 Å². The minimum absolute atomic E-state index is 0.0737. The van der Waals surface area contributed by atoms with Gasteiger partial charge in [-0.1, -0.05) is 12.1 Å². The quantitative estimate of drug-likeness (QED) is 0.679. The van der Waals surface area contributed by atoms with Gasteiger partial charge in [0.25, 0.3) is 0 Å². The van der Waals surface area contributed by atoms with Crippen molar-refractivity contribution in [2.75, 3.05) is 13.1 Å².